The average Bonchev–Trinajstić information content (AvgIpc) is 2.56. The van der Waals surface area contributed by atoms with Gasteiger partial charge >= 0.3 is 5.97 Å². The van der Waals surface area contributed by atoms with Gasteiger partial charge in [-0.25, -0.2) is 4.79 Å². The standard InChI is InChI=1S/C13H23NO4/c1-3-18-10(2)11(15)14-13(12(16)17)8-6-4-5-7-9-13/h10H,3-9H2,1-2H3,(H,14,15)(H,16,17). The minimum atomic E-state index is -1.10. The van der Waals surface area contributed by atoms with E-state index in [1.54, 1.807) is 6.92 Å². The lowest BCUT2D eigenvalue weighted by Crippen LogP contribution is -2.56. The summed E-state index contributed by atoms with van der Waals surface area (Å²) >= 11 is 0. The normalized spacial score (nSPS) is 20.8. The van der Waals surface area contributed by atoms with Gasteiger partial charge in [0.1, 0.15) is 11.6 Å². The molecule has 0 aliphatic heterocycles. The fourth-order valence-corrected chi connectivity index (χ4v) is 2.39. The van der Waals surface area contributed by atoms with Crippen molar-refractivity contribution < 1.29 is 19.4 Å². The Morgan fingerprint density at radius 2 is 1.83 bits per heavy atom. The van der Waals surface area contributed by atoms with Crippen molar-refractivity contribution in [2.45, 2.75) is 64.0 Å². The lowest BCUT2D eigenvalue weighted by atomic mass is 9.90. The lowest BCUT2D eigenvalue weighted by molar-refractivity contribution is -0.150. The van der Waals surface area contributed by atoms with Crippen LogP contribution in [-0.2, 0) is 14.3 Å². The van der Waals surface area contributed by atoms with Gasteiger partial charge in [0, 0.05) is 6.61 Å². The van der Waals surface area contributed by atoms with Crippen LogP contribution < -0.4 is 5.32 Å². The maximum absolute atomic E-state index is 11.9. The molecule has 1 atom stereocenters. The van der Waals surface area contributed by atoms with Crippen LogP contribution >= 0.6 is 0 Å². The first-order valence-electron chi connectivity index (χ1n) is 6.69. The summed E-state index contributed by atoms with van der Waals surface area (Å²) in [5.74, 6) is -1.26. The molecule has 1 unspecified atom stereocenters. The highest BCUT2D eigenvalue weighted by Gasteiger charge is 2.40. The Labute approximate surface area is 108 Å². The second kappa shape index (κ2) is 6.73. The molecule has 104 valence electrons. The third-order valence-electron chi connectivity index (χ3n) is 3.51. The minimum absolute atomic E-state index is 0.332. The number of hydrogen-bond acceptors (Lipinski definition) is 3. The number of carbonyl (C=O) groups is 2. The zero-order valence-electron chi connectivity index (χ0n) is 11.2. The van der Waals surface area contributed by atoms with Crippen molar-refractivity contribution in [3.05, 3.63) is 0 Å². The Morgan fingerprint density at radius 1 is 1.28 bits per heavy atom. The van der Waals surface area contributed by atoms with Crippen molar-refractivity contribution in [3.8, 4) is 0 Å². The fraction of sp³-hybridized carbons (Fsp3) is 0.846. The Bertz CT molecular complexity index is 295. The maximum Gasteiger partial charge on any atom is 0.329 e. The predicted molar refractivity (Wildman–Crippen MR) is 67.3 cm³/mol. The molecule has 0 heterocycles. The molecule has 1 aliphatic rings. The number of carboxylic acids is 1. The van der Waals surface area contributed by atoms with Gasteiger partial charge in [0.15, 0.2) is 0 Å². The molecule has 0 aromatic carbocycles. The van der Waals surface area contributed by atoms with Crippen molar-refractivity contribution in [1.29, 1.82) is 0 Å². The van der Waals surface area contributed by atoms with Crippen LogP contribution in [0.15, 0.2) is 0 Å². The van der Waals surface area contributed by atoms with E-state index in [-0.39, 0.29) is 5.91 Å². The summed E-state index contributed by atoms with van der Waals surface area (Å²) in [6.45, 7) is 3.89. The molecule has 18 heavy (non-hydrogen) atoms. The molecular weight excluding hydrogens is 234 g/mol. The molecule has 1 saturated carbocycles. The van der Waals surface area contributed by atoms with Gasteiger partial charge in [0.2, 0.25) is 5.91 Å². The first kappa shape index (κ1) is 15.0. The first-order chi connectivity index (χ1) is 8.52. The highest BCUT2D eigenvalue weighted by Crippen LogP contribution is 2.27. The van der Waals surface area contributed by atoms with Gasteiger partial charge in [-0.2, -0.15) is 0 Å². The smallest absolute Gasteiger partial charge is 0.329 e. The first-order valence-corrected chi connectivity index (χ1v) is 6.69. The van der Waals surface area contributed by atoms with E-state index in [1.807, 2.05) is 6.92 Å². The van der Waals surface area contributed by atoms with Gasteiger partial charge in [-0.15, -0.1) is 0 Å². The average molecular weight is 257 g/mol. The molecule has 0 aromatic heterocycles. The van der Waals surface area contributed by atoms with E-state index in [4.69, 9.17) is 4.74 Å². The van der Waals surface area contributed by atoms with Crippen LogP contribution in [0.3, 0.4) is 0 Å². The highest BCUT2D eigenvalue weighted by atomic mass is 16.5. The lowest BCUT2D eigenvalue weighted by Gasteiger charge is -2.30. The molecule has 1 rings (SSSR count). The number of ether oxygens (including phenoxy) is 1. The van der Waals surface area contributed by atoms with Crippen molar-refractivity contribution in [1.82, 2.24) is 5.32 Å². The van der Waals surface area contributed by atoms with E-state index >= 15 is 0 Å². The van der Waals surface area contributed by atoms with Gasteiger partial charge < -0.3 is 15.2 Å². The molecule has 0 radical (unpaired) electrons. The van der Waals surface area contributed by atoms with Gasteiger partial charge in [-0.3, -0.25) is 4.79 Å². The molecule has 0 bridgehead atoms. The minimum Gasteiger partial charge on any atom is -0.480 e. The predicted octanol–water partition coefficient (Wildman–Crippen LogP) is 1.71. The Morgan fingerprint density at radius 3 is 2.28 bits per heavy atom. The van der Waals surface area contributed by atoms with Crippen LogP contribution in [0.4, 0.5) is 0 Å². The zero-order chi connectivity index (χ0) is 13.6. The largest absolute Gasteiger partial charge is 0.480 e. The fourth-order valence-electron chi connectivity index (χ4n) is 2.39. The summed E-state index contributed by atoms with van der Waals surface area (Å²) in [4.78, 5) is 23.4. The summed E-state index contributed by atoms with van der Waals surface area (Å²) in [5, 5.41) is 12.1. The van der Waals surface area contributed by atoms with Crippen molar-refractivity contribution in [3.63, 3.8) is 0 Å². The molecule has 0 saturated heterocycles. The van der Waals surface area contributed by atoms with Crippen LogP contribution in [0.5, 0.6) is 0 Å². The Kier molecular flexibility index (Phi) is 5.59. The second-order valence-corrected chi connectivity index (χ2v) is 4.89. The van der Waals surface area contributed by atoms with Gasteiger partial charge in [-0.05, 0) is 26.7 Å². The number of nitrogens with one attached hydrogen (secondary N) is 1. The van der Waals surface area contributed by atoms with Crippen LogP contribution in [0, 0.1) is 0 Å². The molecule has 5 nitrogen and oxygen atoms in total. The summed E-state index contributed by atoms with van der Waals surface area (Å²) in [7, 11) is 0. The topological polar surface area (TPSA) is 75.6 Å². The van der Waals surface area contributed by atoms with Crippen molar-refractivity contribution in [2.24, 2.45) is 0 Å². The van der Waals surface area contributed by atoms with E-state index in [1.165, 1.54) is 0 Å². The van der Waals surface area contributed by atoms with Crippen LogP contribution in [0.25, 0.3) is 0 Å². The number of rotatable bonds is 5. The van der Waals surface area contributed by atoms with E-state index in [0.29, 0.717) is 19.4 Å². The quantitative estimate of drug-likeness (QED) is 0.735. The summed E-state index contributed by atoms with van der Waals surface area (Å²) in [6.07, 6.45) is 4.16. The van der Waals surface area contributed by atoms with Crippen LogP contribution in [0.2, 0.25) is 0 Å². The summed E-state index contributed by atoms with van der Waals surface area (Å²) in [6, 6.07) is 0. The number of carboxylic acid groups (broad SMARTS) is 1. The molecule has 5 heteroatoms. The Hall–Kier alpha value is -1.10. The number of carbonyl (C=O) groups excluding carboxylic acids is 1. The molecule has 0 spiro atoms. The summed E-state index contributed by atoms with van der Waals surface area (Å²) in [5.41, 5.74) is -1.10. The van der Waals surface area contributed by atoms with E-state index in [2.05, 4.69) is 5.32 Å². The van der Waals surface area contributed by atoms with E-state index < -0.39 is 17.6 Å². The van der Waals surface area contributed by atoms with Crippen molar-refractivity contribution in [2.75, 3.05) is 6.61 Å². The highest BCUT2D eigenvalue weighted by molar-refractivity contribution is 5.89. The SMILES string of the molecule is CCOC(C)C(=O)NC1(C(=O)O)CCCCCC1. The van der Waals surface area contributed by atoms with Crippen molar-refractivity contribution >= 4 is 11.9 Å². The molecule has 1 fully saturated rings. The van der Waals surface area contributed by atoms with E-state index in [9.17, 15) is 14.7 Å². The molecule has 1 amide bonds. The second-order valence-electron chi connectivity index (χ2n) is 4.89. The molecule has 1 aliphatic carbocycles. The third kappa shape index (κ3) is 3.70. The number of aliphatic carboxylic acids is 1. The van der Waals surface area contributed by atoms with Crippen LogP contribution in [0.1, 0.15) is 52.4 Å². The molecule has 0 aromatic rings. The Balaban J connectivity index is 2.72. The third-order valence-corrected chi connectivity index (χ3v) is 3.51. The molecular formula is C13H23NO4. The van der Waals surface area contributed by atoms with Gasteiger partial charge in [-0.1, -0.05) is 25.7 Å². The summed E-state index contributed by atoms with van der Waals surface area (Å²) < 4.78 is 5.20. The van der Waals surface area contributed by atoms with E-state index in [0.717, 1.165) is 25.7 Å². The molecule has 2 N–H and O–H groups in total. The van der Waals surface area contributed by atoms with Gasteiger partial charge in [0.25, 0.3) is 0 Å². The zero-order valence-corrected chi connectivity index (χ0v) is 11.2. The monoisotopic (exact) mass is 257 g/mol. The number of hydrogen-bond donors (Lipinski definition) is 2. The van der Waals surface area contributed by atoms with Crippen LogP contribution in [-0.4, -0.2) is 35.2 Å². The van der Waals surface area contributed by atoms with Gasteiger partial charge in [0.05, 0.1) is 0 Å². The maximum atomic E-state index is 11.9. The number of amides is 1.